The fraction of sp³-hybridized carbons (Fsp3) is 0.385. The minimum Gasteiger partial charge on any atom is -1.00 e. The summed E-state index contributed by atoms with van der Waals surface area (Å²) < 4.78 is 3.61. The summed E-state index contributed by atoms with van der Waals surface area (Å²) in [6.07, 6.45) is 14.2. The van der Waals surface area contributed by atoms with Crippen molar-refractivity contribution in [1.29, 1.82) is 0 Å². The minimum atomic E-state index is -1.07. The van der Waals surface area contributed by atoms with Gasteiger partial charge in [-0.3, -0.25) is 0 Å². The summed E-state index contributed by atoms with van der Waals surface area (Å²) in [6, 6.07) is 0. The number of hydrogen-bond acceptors (Lipinski definition) is 0. The van der Waals surface area contributed by atoms with Gasteiger partial charge < -0.3 is 2.85 Å². The Hall–Kier alpha value is 0.0600. The molecule has 2 aliphatic rings. The van der Waals surface area contributed by atoms with E-state index in [1.807, 2.05) is 3.28 Å². The molecule has 0 unspecified atom stereocenters. The molecule has 82 valence electrons. The molecule has 0 bridgehead atoms. The van der Waals surface area contributed by atoms with Gasteiger partial charge in [0.1, 0.15) is 0 Å². The van der Waals surface area contributed by atoms with Crippen molar-refractivity contribution in [3.8, 4) is 0 Å². The Kier molecular flexibility index (Phi) is 3.47. The van der Waals surface area contributed by atoms with Crippen molar-refractivity contribution in [2.45, 2.75) is 32.5 Å². The first-order valence-electron chi connectivity index (χ1n) is 5.60. The van der Waals surface area contributed by atoms with E-state index in [2.05, 4.69) is 50.0 Å². The third-order valence-corrected chi connectivity index (χ3v) is 9.13. The maximum absolute atomic E-state index is 2.47. The Morgan fingerprint density at radius 3 is 2.60 bits per heavy atom. The van der Waals surface area contributed by atoms with Gasteiger partial charge in [0.05, 0.1) is 0 Å². The number of allylic oxidation sites excluding steroid dienone is 8. The van der Waals surface area contributed by atoms with Gasteiger partial charge in [-0.05, 0) is 0 Å². The van der Waals surface area contributed by atoms with E-state index in [-0.39, 0.29) is 2.85 Å². The van der Waals surface area contributed by atoms with E-state index >= 15 is 0 Å². The topological polar surface area (TPSA) is 0 Å². The second-order valence-corrected chi connectivity index (χ2v) is 13.9. The van der Waals surface area contributed by atoms with E-state index in [9.17, 15) is 0 Å². The third kappa shape index (κ3) is 2.79. The Morgan fingerprint density at radius 2 is 2.00 bits per heavy atom. The van der Waals surface area contributed by atoms with Crippen LogP contribution in [0.25, 0.3) is 0 Å². The van der Waals surface area contributed by atoms with E-state index < -0.39 is 31.3 Å². The van der Waals surface area contributed by atoms with Crippen LogP contribution in [0.1, 0.15) is 15.7 Å². The predicted octanol–water partition coefficient (Wildman–Crippen LogP) is 4.23. The molecular formula is C13H20SiZr-2. The van der Waals surface area contributed by atoms with Gasteiger partial charge in [-0.15, -0.1) is 0 Å². The molecule has 0 heterocycles. The number of rotatable bonds is 3. The summed E-state index contributed by atoms with van der Waals surface area (Å²) in [5.41, 5.74) is 0. The van der Waals surface area contributed by atoms with Crippen LogP contribution in [0.4, 0.5) is 0 Å². The summed E-state index contributed by atoms with van der Waals surface area (Å²) in [5, 5.41) is 1.77. The monoisotopic (exact) mass is 294 g/mol. The van der Waals surface area contributed by atoms with Gasteiger partial charge in [0.2, 0.25) is 0 Å². The van der Waals surface area contributed by atoms with Crippen LogP contribution in [-0.4, -0.2) is 8.07 Å². The van der Waals surface area contributed by atoms with Gasteiger partial charge in [0.25, 0.3) is 0 Å². The summed E-state index contributed by atoms with van der Waals surface area (Å²) in [5.74, 6) is 0. The van der Waals surface area contributed by atoms with Gasteiger partial charge in [0, 0.05) is 0 Å². The van der Waals surface area contributed by atoms with Gasteiger partial charge in [-0.2, -0.15) is 0 Å². The first kappa shape index (κ1) is 11.5. The Bertz CT molecular complexity index is 387. The van der Waals surface area contributed by atoms with Gasteiger partial charge in [-0.25, -0.2) is 0 Å². The molecule has 0 aromatic heterocycles. The molecule has 0 nitrogen and oxygen atoms in total. The van der Waals surface area contributed by atoms with E-state index in [1.165, 1.54) is 12.8 Å². The van der Waals surface area contributed by atoms with Crippen molar-refractivity contribution in [2.75, 3.05) is 0 Å². The van der Waals surface area contributed by atoms with Crippen LogP contribution in [0.2, 0.25) is 19.6 Å². The standard InChI is InChI=1S/C8H13Si.C5H5.Zr.2H/c1-9(2,3)8-6-4-5-7-8;1-2-4-5-3-1;;;/h4,6H,5H2,1-3H3;1-3H,4H2;;;/q;;;2*-1. The Morgan fingerprint density at radius 1 is 1.20 bits per heavy atom. The first-order chi connectivity index (χ1) is 7.07. The van der Waals surface area contributed by atoms with Crippen LogP contribution in [0.5, 0.6) is 0 Å². The van der Waals surface area contributed by atoms with Crippen LogP contribution in [0.3, 0.4) is 0 Å². The quantitative estimate of drug-likeness (QED) is 0.684. The molecule has 2 aliphatic carbocycles. The average molecular weight is 296 g/mol. The molecule has 0 saturated carbocycles. The molecule has 0 aromatic carbocycles. The third-order valence-electron chi connectivity index (χ3n) is 2.82. The molecule has 0 N–H and O–H groups in total. The smallest absolute Gasteiger partial charge is 1.00 e. The summed E-state index contributed by atoms with van der Waals surface area (Å²) in [7, 11) is -1.07. The maximum atomic E-state index is 2.47. The molecule has 15 heavy (non-hydrogen) atoms. The van der Waals surface area contributed by atoms with Crippen molar-refractivity contribution in [2.24, 2.45) is 0 Å². The SMILES string of the molecule is C[Si](C)(C)C1=[C]([Zr][C]2=CC=CC2)CC=C1.[H-].[H-]. The van der Waals surface area contributed by atoms with Crippen molar-refractivity contribution in [3.63, 3.8) is 0 Å². The summed E-state index contributed by atoms with van der Waals surface area (Å²) >= 11 is -0.408. The Labute approximate surface area is 108 Å². The van der Waals surface area contributed by atoms with E-state index in [0.717, 1.165) is 0 Å². The average Bonchev–Trinajstić information content (AvgIpc) is 2.73. The zero-order valence-electron chi connectivity index (χ0n) is 11.8. The van der Waals surface area contributed by atoms with Crippen LogP contribution in [0.15, 0.2) is 42.1 Å². The van der Waals surface area contributed by atoms with E-state index in [0.29, 0.717) is 0 Å². The van der Waals surface area contributed by atoms with Crippen LogP contribution in [0, 0.1) is 0 Å². The predicted molar refractivity (Wildman–Crippen MR) is 68.2 cm³/mol. The van der Waals surface area contributed by atoms with Crippen LogP contribution < -0.4 is 0 Å². The molecule has 0 amide bonds. The molecule has 0 spiro atoms. The van der Waals surface area contributed by atoms with Crippen molar-refractivity contribution >= 4 is 8.07 Å². The van der Waals surface area contributed by atoms with Crippen molar-refractivity contribution in [1.82, 2.24) is 0 Å². The second kappa shape index (κ2) is 4.51. The van der Waals surface area contributed by atoms with Crippen molar-refractivity contribution < 1.29 is 26.1 Å². The fourth-order valence-corrected chi connectivity index (χ4v) is 9.83. The number of hydrogen-bond donors (Lipinski definition) is 0. The molecule has 2 rings (SSSR count). The van der Waals surface area contributed by atoms with E-state index in [4.69, 9.17) is 0 Å². The molecule has 0 saturated heterocycles. The largest absolute Gasteiger partial charge is 1.00 e. The summed E-state index contributed by atoms with van der Waals surface area (Å²) in [6.45, 7) is 7.41. The molecule has 0 radical (unpaired) electrons. The zero-order chi connectivity index (χ0) is 10.9. The van der Waals surface area contributed by atoms with Crippen LogP contribution in [-0.2, 0) is 23.2 Å². The fourth-order valence-electron chi connectivity index (χ4n) is 2.06. The van der Waals surface area contributed by atoms with E-state index in [1.54, 1.807) is 8.48 Å². The van der Waals surface area contributed by atoms with Gasteiger partial charge >= 0.3 is 106 Å². The molecule has 0 atom stereocenters. The Balaban J connectivity index is 0.00000128. The molecule has 0 aliphatic heterocycles. The minimum absolute atomic E-state index is 0. The van der Waals surface area contributed by atoms with Gasteiger partial charge in [0.15, 0.2) is 0 Å². The second-order valence-electron chi connectivity index (χ2n) is 5.20. The molecule has 0 aromatic rings. The summed E-state index contributed by atoms with van der Waals surface area (Å²) in [4.78, 5) is 0. The normalized spacial score (nSPS) is 20.1. The van der Waals surface area contributed by atoms with Gasteiger partial charge in [-0.1, -0.05) is 0 Å². The van der Waals surface area contributed by atoms with Crippen LogP contribution >= 0.6 is 0 Å². The maximum Gasteiger partial charge on any atom is -1.00 e. The molecule has 0 fully saturated rings. The zero-order valence-corrected chi connectivity index (χ0v) is 13.3. The van der Waals surface area contributed by atoms with Crippen molar-refractivity contribution in [3.05, 3.63) is 42.1 Å². The first-order valence-corrected chi connectivity index (χ1v) is 11.6. The molecule has 2 heteroatoms. The molecular weight excluding hydrogens is 275 g/mol.